The summed E-state index contributed by atoms with van der Waals surface area (Å²) in [5, 5.41) is 7.20. The summed E-state index contributed by atoms with van der Waals surface area (Å²) < 4.78 is 0. The number of nitrogens with two attached hydrogens (primary N) is 1. The summed E-state index contributed by atoms with van der Waals surface area (Å²) in [7, 11) is 3.31. The van der Waals surface area contributed by atoms with Gasteiger partial charge in [-0.25, -0.2) is 0 Å². The van der Waals surface area contributed by atoms with Crippen LogP contribution in [0, 0.1) is 0 Å². The van der Waals surface area contributed by atoms with E-state index < -0.39 is 0 Å². The zero-order valence-electron chi connectivity index (χ0n) is 6.98. The second-order valence-corrected chi connectivity index (χ2v) is 2.54. The van der Waals surface area contributed by atoms with Gasteiger partial charge in [-0.15, -0.1) is 10.2 Å². The molecule has 0 unspecified atom stereocenters. The molecular weight excluding hydrogens is 156 g/mol. The first-order chi connectivity index (χ1) is 5.61. The third-order valence-electron chi connectivity index (χ3n) is 1.31. The Morgan fingerprint density at radius 3 is 2.50 bits per heavy atom. The maximum absolute atomic E-state index is 11.2. The lowest BCUT2D eigenvalue weighted by molar-refractivity contribution is 0.0821. The first kappa shape index (κ1) is 8.45. The molecule has 0 aromatic carbocycles. The van der Waals surface area contributed by atoms with Crippen LogP contribution in [-0.2, 0) is 0 Å². The van der Waals surface area contributed by atoms with Crippen molar-refractivity contribution < 1.29 is 4.79 Å². The largest absolute Gasteiger partial charge is 0.382 e. The molecule has 64 valence electrons. The number of nitrogen functional groups attached to an aromatic ring is 1. The molecule has 1 amide bonds. The molecule has 1 aromatic rings. The summed E-state index contributed by atoms with van der Waals surface area (Å²) in [4.78, 5) is 12.7. The van der Waals surface area contributed by atoms with E-state index >= 15 is 0 Å². The van der Waals surface area contributed by atoms with Gasteiger partial charge in [-0.2, -0.15) is 0 Å². The zero-order valence-corrected chi connectivity index (χ0v) is 6.98. The van der Waals surface area contributed by atoms with Gasteiger partial charge in [0.1, 0.15) is 5.82 Å². The third-order valence-corrected chi connectivity index (χ3v) is 1.31. The number of carbonyl (C=O) groups is 1. The zero-order chi connectivity index (χ0) is 9.14. The topological polar surface area (TPSA) is 72.1 Å². The molecule has 5 heteroatoms. The number of anilines is 1. The first-order valence-electron chi connectivity index (χ1n) is 3.42. The molecule has 1 heterocycles. The minimum absolute atomic E-state index is 0.178. The average Bonchev–Trinajstić information content (AvgIpc) is 2.04. The molecule has 1 rings (SSSR count). The van der Waals surface area contributed by atoms with E-state index in [0.29, 0.717) is 11.5 Å². The number of hydrogen-bond acceptors (Lipinski definition) is 4. The van der Waals surface area contributed by atoms with Gasteiger partial charge in [-0.1, -0.05) is 0 Å². The predicted octanol–water partition coefficient (Wildman–Crippen LogP) is -0.239. The minimum Gasteiger partial charge on any atom is -0.382 e. The summed E-state index contributed by atoms with van der Waals surface area (Å²) >= 11 is 0. The van der Waals surface area contributed by atoms with Crippen LogP contribution in [0.15, 0.2) is 12.1 Å². The Labute approximate surface area is 70.2 Å². The average molecular weight is 166 g/mol. The SMILES string of the molecule is CN(C)C(=O)c1ccc(N)nn1. The van der Waals surface area contributed by atoms with Crippen molar-refractivity contribution in [2.24, 2.45) is 0 Å². The molecule has 0 aliphatic carbocycles. The Balaban J connectivity index is 2.90. The van der Waals surface area contributed by atoms with Crippen LogP contribution in [0.4, 0.5) is 5.82 Å². The maximum Gasteiger partial charge on any atom is 0.273 e. The van der Waals surface area contributed by atoms with Gasteiger partial charge >= 0.3 is 0 Å². The molecule has 0 aliphatic rings. The van der Waals surface area contributed by atoms with Crippen molar-refractivity contribution >= 4 is 11.7 Å². The lowest BCUT2D eigenvalue weighted by Gasteiger charge is -2.07. The first-order valence-corrected chi connectivity index (χ1v) is 3.42. The molecule has 0 atom stereocenters. The summed E-state index contributed by atoms with van der Waals surface area (Å²) in [6.07, 6.45) is 0. The van der Waals surface area contributed by atoms with Crippen molar-refractivity contribution in [2.75, 3.05) is 19.8 Å². The van der Waals surface area contributed by atoms with Gasteiger partial charge in [-0.3, -0.25) is 4.79 Å². The molecule has 0 fully saturated rings. The van der Waals surface area contributed by atoms with Crippen molar-refractivity contribution in [3.05, 3.63) is 17.8 Å². The van der Waals surface area contributed by atoms with Crippen molar-refractivity contribution in [3.8, 4) is 0 Å². The number of aromatic nitrogens is 2. The molecule has 2 N–H and O–H groups in total. The van der Waals surface area contributed by atoms with Crippen molar-refractivity contribution in [1.29, 1.82) is 0 Å². The molecule has 5 nitrogen and oxygen atoms in total. The van der Waals surface area contributed by atoms with Gasteiger partial charge in [0.05, 0.1) is 0 Å². The molecule has 0 spiro atoms. The van der Waals surface area contributed by atoms with Crippen LogP contribution in [0.25, 0.3) is 0 Å². The second kappa shape index (κ2) is 3.17. The van der Waals surface area contributed by atoms with Gasteiger partial charge in [0.2, 0.25) is 0 Å². The summed E-state index contributed by atoms with van der Waals surface area (Å²) in [6, 6.07) is 3.09. The monoisotopic (exact) mass is 166 g/mol. The Hall–Kier alpha value is -1.65. The fourth-order valence-corrected chi connectivity index (χ4v) is 0.686. The van der Waals surface area contributed by atoms with Gasteiger partial charge in [0.15, 0.2) is 5.69 Å². The van der Waals surface area contributed by atoms with E-state index in [-0.39, 0.29) is 5.91 Å². The van der Waals surface area contributed by atoms with Crippen LogP contribution in [0.1, 0.15) is 10.5 Å². The van der Waals surface area contributed by atoms with E-state index in [1.807, 2.05) is 0 Å². The number of carbonyl (C=O) groups excluding carboxylic acids is 1. The summed E-state index contributed by atoms with van der Waals surface area (Å²) in [5.74, 6) is 0.132. The maximum atomic E-state index is 11.2. The van der Waals surface area contributed by atoms with Gasteiger partial charge < -0.3 is 10.6 Å². The lowest BCUT2D eigenvalue weighted by atomic mass is 10.3. The number of rotatable bonds is 1. The van der Waals surface area contributed by atoms with Crippen molar-refractivity contribution in [2.45, 2.75) is 0 Å². The van der Waals surface area contributed by atoms with Gasteiger partial charge in [-0.05, 0) is 12.1 Å². The third kappa shape index (κ3) is 1.69. The van der Waals surface area contributed by atoms with E-state index in [4.69, 9.17) is 5.73 Å². The van der Waals surface area contributed by atoms with Crippen molar-refractivity contribution in [3.63, 3.8) is 0 Å². The Morgan fingerprint density at radius 2 is 2.08 bits per heavy atom. The molecule has 12 heavy (non-hydrogen) atoms. The van der Waals surface area contributed by atoms with Crippen LogP contribution < -0.4 is 5.73 Å². The number of nitrogens with zero attached hydrogens (tertiary/aromatic N) is 3. The van der Waals surface area contributed by atoms with Gasteiger partial charge in [0, 0.05) is 14.1 Å². The standard InChI is InChI=1S/C7H10N4O/c1-11(2)7(12)5-3-4-6(8)10-9-5/h3-4H,1-2H3,(H2,8,10). The molecular formula is C7H10N4O. The second-order valence-electron chi connectivity index (χ2n) is 2.54. The Bertz CT molecular complexity index is 280. The minimum atomic E-state index is -0.178. The molecule has 0 radical (unpaired) electrons. The highest BCUT2D eigenvalue weighted by atomic mass is 16.2. The number of amides is 1. The Kier molecular flexibility index (Phi) is 2.23. The number of hydrogen-bond donors (Lipinski definition) is 1. The van der Waals surface area contributed by atoms with E-state index in [1.54, 1.807) is 26.2 Å². The molecule has 0 saturated carbocycles. The Morgan fingerprint density at radius 1 is 1.42 bits per heavy atom. The van der Waals surface area contributed by atoms with Crippen LogP contribution in [0.2, 0.25) is 0 Å². The predicted molar refractivity (Wildman–Crippen MR) is 44.5 cm³/mol. The van der Waals surface area contributed by atoms with Crippen LogP contribution in [0.3, 0.4) is 0 Å². The highest BCUT2D eigenvalue weighted by molar-refractivity contribution is 5.91. The normalized spacial score (nSPS) is 9.50. The fourth-order valence-electron chi connectivity index (χ4n) is 0.686. The summed E-state index contributed by atoms with van der Waals surface area (Å²) in [6.45, 7) is 0. The quantitative estimate of drug-likeness (QED) is 0.625. The van der Waals surface area contributed by atoms with E-state index in [2.05, 4.69) is 10.2 Å². The smallest absolute Gasteiger partial charge is 0.273 e. The van der Waals surface area contributed by atoms with Crippen LogP contribution in [-0.4, -0.2) is 35.1 Å². The van der Waals surface area contributed by atoms with E-state index in [9.17, 15) is 4.79 Å². The lowest BCUT2D eigenvalue weighted by Crippen LogP contribution is -2.23. The van der Waals surface area contributed by atoms with Crippen LogP contribution in [0.5, 0.6) is 0 Å². The van der Waals surface area contributed by atoms with E-state index in [0.717, 1.165) is 0 Å². The molecule has 0 bridgehead atoms. The summed E-state index contributed by atoms with van der Waals surface area (Å²) in [5.41, 5.74) is 5.60. The highest BCUT2D eigenvalue weighted by Gasteiger charge is 2.08. The van der Waals surface area contributed by atoms with Gasteiger partial charge in [0.25, 0.3) is 5.91 Å². The molecule has 1 aromatic heterocycles. The highest BCUT2D eigenvalue weighted by Crippen LogP contribution is 1.99. The fraction of sp³-hybridized carbons (Fsp3) is 0.286. The molecule has 0 aliphatic heterocycles. The van der Waals surface area contributed by atoms with Crippen molar-refractivity contribution in [1.82, 2.24) is 15.1 Å². The molecule has 0 saturated heterocycles. The van der Waals surface area contributed by atoms with Crippen LogP contribution >= 0.6 is 0 Å². The van der Waals surface area contributed by atoms with E-state index in [1.165, 1.54) is 4.90 Å².